The Kier molecular flexibility index (Phi) is 3.86. The lowest BCUT2D eigenvalue weighted by Crippen LogP contribution is -1.94. The third-order valence-corrected chi connectivity index (χ3v) is 2.92. The van der Waals surface area contributed by atoms with E-state index in [1.54, 1.807) is 23.5 Å². The summed E-state index contributed by atoms with van der Waals surface area (Å²) in [6.07, 6.45) is 0. The number of rotatable bonds is 1. The zero-order valence-electron chi connectivity index (χ0n) is 9.07. The van der Waals surface area contributed by atoms with Crippen LogP contribution in [0.5, 0.6) is 0 Å². The monoisotopic (exact) mass is 222 g/mol. The molecule has 0 amide bonds. The van der Waals surface area contributed by atoms with Crippen molar-refractivity contribution >= 4 is 27.4 Å². The maximum Gasteiger partial charge on any atom is 0.335 e. The molecule has 0 fully saturated rings. The molecular formula is C12H14O2S. The van der Waals surface area contributed by atoms with Crippen LogP contribution in [0.1, 0.15) is 29.1 Å². The van der Waals surface area contributed by atoms with Gasteiger partial charge in [-0.2, -0.15) is 0 Å². The van der Waals surface area contributed by atoms with Crippen LogP contribution in [0.3, 0.4) is 0 Å². The second-order valence-electron chi connectivity index (χ2n) is 2.91. The van der Waals surface area contributed by atoms with Crippen LogP contribution >= 0.6 is 11.3 Å². The number of hydrogen-bond acceptors (Lipinski definition) is 2. The molecule has 0 spiro atoms. The van der Waals surface area contributed by atoms with E-state index < -0.39 is 5.97 Å². The number of fused-ring (bicyclic) bond motifs is 1. The number of carboxylic acid groups (broad SMARTS) is 1. The highest BCUT2D eigenvalue weighted by atomic mass is 32.1. The highest BCUT2D eigenvalue weighted by Crippen LogP contribution is 2.25. The number of aromatic carboxylic acids is 1. The van der Waals surface area contributed by atoms with Crippen LogP contribution in [-0.4, -0.2) is 11.1 Å². The Balaban J connectivity index is 0.000000531. The van der Waals surface area contributed by atoms with Crippen molar-refractivity contribution in [1.29, 1.82) is 0 Å². The minimum atomic E-state index is -0.870. The number of hydrogen-bond donors (Lipinski definition) is 1. The summed E-state index contributed by atoms with van der Waals surface area (Å²) in [6.45, 7) is 6.02. The number of carboxylic acids is 1. The summed E-state index contributed by atoms with van der Waals surface area (Å²) in [7, 11) is 0. The zero-order chi connectivity index (χ0) is 11.4. The molecule has 1 heterocycles. The van der Waals surface area contributed by atoms with Crippen LogP contribution in [0.15, 0.2) is 24.3 Å². The Labute approximate surface area is 93.2 Å². The molecule has 0 saturated carbocycles. The van der Waals surface area contributed by atoms with Crippen LogP contribution in [-0.2, 0) is 0 Å². The zero-order valence-corrected chi connectivity index (χ0v) is 9.89. The van der Waals surface area contributed by atoms with Gasteiger partial charge in [0, 0.05) is 9.58 Å². The molecule has 0 aliphatic carbocycles. The van der Waals surface area contributed by atoms with Gasteiger partial charge < -0.3 is 5.11 Å². The van der Waals surface area contributed by atoms with E-state index in [-0.39, 0.29) is 0 Å². The van der Waals surface area contributed by atoms with Gasteiger partial charge >= 0.3 is 5.97 Å². The molecule has 0 saturated heterocycles. The third-order valence-electron chi connectivity index (χ3n) is 1.89. The van der Waals surface area contributed by atoms with Gasteiger partial charge in [0.15, 0.2) is 0 Å². The lowest BCUT2D eigenvalue weighted by atomic mass is 10.2. The summed E-state index contributed by atoms with van der Waals surface area (Å²) in [6, 6.07) is 7.21. The number of thiophene rings is 1. The van der Waals surface area contributed by atoms with E-state index >= 15 is 0 Å². The first-order valence-electron chi connectivity index (χ1n) is 4.90. The van der Waals surface area contributed by atoms with Gasteiger partial charge in [0.1, 0.15) is 0 Å². The smallest absolute Gasteiger partial charge is 0.335 e. The molecule has 80 valence electrons. The summed E-state index contributed by atoms with van der Waals surface area (Å²) in [5, 5.41) is 9.77. The second-order valence-corrected chi connectivity index (χ2v) is 4.20. The van der Waals surface area contributed by atoms with Gasteiger partial charge in [0.25, 0.3) is 0 Å². The summed E-state index contributed by atoms with van der Waals surface area (Å²) >= 11 is 1.68. The predicted octanol–water partition coefficient (Wildman–Crippen LogP) is 3.93. The molecule has 1 aromatic carbocycles. The average Bonchev–Trinajstić information content (AvgIpc) is 2.59. The van der Waals surface area contributed by atoms with Crippen molar-refractivity contribution in [2.75, 3.05) is 0 Å². The predicted molar refractivity (Wildman–Crippen MR) is 64.9 cm³/mol. The third kappa shape index (κ3) is 2.57. The summed E-state index contributed by atoms with van der Waals surface area (Å²) < 4.78 is 1.14. The van der Waals surface area contributed by atoms with Crippen LogP contribution < -0.4 is 0 Å². The standard InChI is InChI=1S/C10H8O2S.C2H6/c1-6-4-8-5-7(10(11)12)2-3-9(8)13-6;1-2/h2-5H,1H3,(H,11,12);1-2H3. The first-order valence-corrected chi connectivity index (χ1v) is 5.72. The van der Waals surface area contributed by atoms with Gasteiger partial charge in [0.05, 0.1) is 5.56 Å². The molecule has 1 N–H and O–H groups in total. The van der Waals surface area contributed by atoms with Crippen LogP contribution in [0.2, 0.25) is 0 Å². The van der Waals surface area contributed by atoms with Crippen molar-refractivity contribution in [3.63, 3.8) is 0 Å². The lowest BCUT2D eigenvalue weighted by molar-refractivity contribution is 0.0697. The Morgan fingerprint density at radius 3 is 2.53 bits per heavy atom. The Morgan fingerprint density at radius 2 is 1.93 bits per heavy atom. The fourth-order valence-electron chi connectivity index (χ4n) is 1.31. The van der Waals surface area contributed by atoms with E-state index in [0.717, 1.165) is 10.1 Å². The molecule has 0 aliphatic rings. The van der Waals surface area contributed by atoms with Gasteiger partial charge in [-0.25, -0.2) is 4.79 Å². The van der Waals surface area contributed by atoms with E-state index in [1.807, 2.05) is 32.9 Å². The summed E-state index contributed by atoms with van der Waals surface area (Å²) in [5.74, 6) is -0.870. The molecule has 1 aromatic heterocycles. The summed E-state index contributed by atoms with van der Waals surface area (Å²) in [4.78, 5) is 11.9. The maximum absolute atomic E-state index is 10.7. The minimum absolute atomic E-state index is 0.352. The Morgan fingerprint density at radius 1 is 1.27 bits per heavy atom. The Hall–Kier alpha value is -1.35. The molecule has 0 aliphatic heterocycles. The van der Waals surface area contributed by atoms with Crippen molar-refractivity contribution in [3.8, 4) is 0 Å². The maximum atomic E-state index is 10.7. The molecule has 2 nitrogen and oxygen atoms in total. The first-order chi connectivity index (χ1) is 7.16. The number of carbonyl (C=O) groups is 1. The highest BCUT2D eigenvalue weighted by Gasteiger charge is 2.04. The topological polar surface area (TPSA) is 37.3 Å². The average molecular weight is 222 g/mol. The molecule has 15 heavy (non-hydrogen) atoms. The number of benzene rings is 1. The normalized spacial score (nSPS) is 9.53. The molecule has 3 heteroatoms. The lowest BCUT2D eigenvalue weighted by Gasteiger charge is -1.92. The molecular weight excluding hydrogens is 208 g/mol. The van der Waals surface area contributed by atoms with Crippen molar-refractivity contribution in [2.45, 2.75) is 20.8 Å². The van der Waals surface area contributed by atoms with Gasteiger partial charge in [-0.1, -0.05) is 13.8 Å². The van der Waals surface area contributed by atoms with Crippen molar-refractivity contribution in [3.05, 3.63) is 34.7 Å². The van der Waals surface area contributed by atoms with Gasteiger partial charge in [-0.05, 0) is 36.6 Å². The van der Waals surface area contributed by atoms with E-state index in [2.05, 4.69) is 0 Å². The van der Waals surface area contributed by atoms with E-state index in [1.165, 1.54) is 4.88 Å². The van der Waals surface area contributed by atoms with Crippen molar-refractivity contribution < 1.29 is 9.90 Å². The fraction of sp³-hybridized carbons (Fsp3) is 0.250. The van der Waals surface area contributed by atoms with Crippen LogP contribution in [0.4, 0.5) is 0 Å². The first kappa shape index (κ1) is 11.7. The highest BCUT2D eigenvalue weighted by molar-refractivity contribution is 7.19. The molecule has 0 unspecified atom stereocenters. The van der Waals surface area contributed by atoms with E-state index in [0.29, 0.717) is 5.56 Å². The van der Waals surface area contributed by atoms with E-state index in [4.69, 9.17) is 5.11 Å². The van der Waals surface area contributed by atoms with E-state index in [9.17, 15) is 4.79 Å². The Bertz CT molecular complexity index is 471. The second kappa shape index (κ2) is 4.94. The van der Waals surface area contributed by atoms with Gasteiger partial charge in [0.2, 0.25) is 0 Å². The SMILES string of the molecule is CC.Cc1cc2cc(C(=O)O)ccc2s1. The minimum Gasteiger partial charge on any atom is -0.478 e. The molecule has 2 aromatic rings. The quantitative estimate of drug-likeness (QED) is 0.793. The van der Waals surface area contributed by atoms with Crippen molar-refractivity contribution in [1.82, 2.24) is 0 Å². The van der Waals surface area contributed by atoms with Crippen LogP contribution in [0, 0.1) is 6.92 Å². The van der Waals surface area contributed by atoms with Gasteiger partial charge in [-0.3, -0.25) is 0 Å². The molecule has 0 atom stereocenters. The largest absolute Gasteiger partial charge is 0.478 e. The van der Waals surface area contributed by atoms with Crippen molar-refractivity contribution in [2.24, 2.45) is 0 Å². The van der Waals surface area contributed by atoms with Gasteiger partial charge in [-0.15, -0.1) is 11.3 Å². The summed E-state index contributed by atoms with van der Waals surface area (Å²) in [5.41, 5.74) is 0.352. The fourth-order valence-corrected chi connectivity index (χ4v) is 2.21. The number of aryl methyl sites for hydroxylation is 1. The molecule has 0 radical (unpaired) electrons. The molecule has 0 bridgehead atoms. The molecule has 2 rings (SSSR count). The van der Waals surface area contributed by atoms with Crippen LogP contribution in [0.25, 0.3) is 10.1 Å².